The zero-order valence-corrected chi connectivity index (χ0v) is 10.4. The first kappa shape index (κ1) is 12.6. The van der Waals surface area contributed by atoms with Crippen molar-refractivity contribution in [2.24, 2.45) is 0 Å². The van der Waals surface area contributed by atoms with Gasteiger partial charge in [-0.05, 0) is 42.8 Å². The second kappa shape index (κ2) is 5.19. The van der Waals surface area contributed by atoms with Gasteiger partial charge >= 0.3 is 0 Å². The zero-order valence-electron chi connectivity index (χ0n) is 9.61. The predicted octanol–water partition coefficient (Wildman–Crippen LogP) is 4.39. The number of hydrogen-bond donors (Lipinski definition) is 0. The summed E-state index contributed by atoms with van der Waals surface area (Å²) in [4.78, 5) is 10.7. The number of hydrogen-bond acceptors (Lipinski definition) is 2. The van der Waals surface area contributed by atoms with Crippen LogP contribution in [0.1, 0.15) is 15.9 Å². The van der Waals surface area contributed by atoms with Gasteiger partial charge in [0.05, 0.1) is 5.02 Å². The fourth-order valence-electron chi connectivity index (χ4n) is 1.53. The second-order valence-corrected chi connectivity index (χ2v) is 4.20. The first-order valence-corrected chi connectivity index (χ1v) is 5.67. The molecule has 0 aromatic heterocycles. The highest BCUT2D eigenvalue weighted by Gasteiger charge is 2.09. The third-order valence-electron chi connectivity index (χ3n) is 2.51. The van der Waals surface area contributed by atoms with E-state index in [1.807, 2.05) is 0 Å². The summed E-state index contributed by atoms with van der Waals surface area (Å²) in [7, 11) is 0. The fourth-order valence-corrected chi connectivity index (χ4v) is 1.70. The van der Waals surface area contributed by atoms with Crippen LogP contribution in [-0.4, -0.2) is 6.29 Å². The van der Waals surface area contributed by atoms with Gasteiger partial charge < -0.3 is 4.74 Å². The number of aldehydes is 1. The minimum Gasteiger partial charge on any atom is -0.454 e. The molecule has 0 aliphatic rings. The molecule has 0 fully saturated rings. The highest BCUT2D eigenvalue weighted by Crippen LogP contribution is 2.29. The number of halogens is 2. The van der Waals surface area contributed by atoms with Gasteiger partial charge in [0.15, 0.2) is 11.6 Å². The van der Waals surface area contributed by atoms with Crippen molar-refractivity contribution >= 4 is 17.9 Å². The maximum Gasteiger partial charge on any atom is 0.184 e. The molecular formula is C14H10ClFO2. The van der Waals surface area contributed by atoms with Crippen molar-refractivity contribution in [3.8, 4) is 11.5 Å². The van der Waals surface area contributed by atoms with Crippen molar-refractivity contribution in [3.05, 3.63) is 58.4 Å². The first-order valence-electron chi connectivity index (χ1n) is 5.29. The molecule has 0 N–H and O–H groups in total. The maximum atomic E-state index is 13.6. The highest BCUT2D eigenvalue weighted by molar-refractivity contribution is 6.30. The lowest BCUT2D eigenvalue weighted by atomic mass is 10.1. The second-order valence-electron chi connectivity index (χ2n) is 3.79. The first-order chi connectivity index (χ1) is 8.61. The lowest BCUT2D eigenvalue weighted by molar-refractivity contribution is 0.112. The monoisotopic (exact) mass is 264 g/mol. The minimum absolute atomic E-state index is 0.00809. The molecule has 0 heterocycles. The number of aryl methyl sites for hydroxylation is 1. The van der Waals surface area contributed by atoms with Crippen molar-refractivity contribution in [1.29, 1.82) is 0 Å². The molecule has 18 heavy (non-hydrogen) atoms. The molecule has 0 saturated carbocycles. The summed E-state index contributed by atoms with van der Waals surface area (Å²) in [6, 6.07) is 9.45. The van der Waals surface area contributed by atoms with E-state index in [2.05, 4.69) is 0 Å². The van der Waals surface area contributed by atoms with Crippen LogP contribution in [0.3, 0.4) is 0 Å². The summed E-state index contributed by atoms with van der Waals surface area (Å²) >= 11 is 5.66. The summed E-state index contributed by atoms with van der Waals surface area (Å²) in [6.07, 6.45) is 0.763. The quantitative estimate of drug-likeness (QED) is 0.769. The molecule has 92 valence electrons. The van der Waals surface area contributed by atoms with Crippen LogP contribution < -0.4 is 4.74 Å². The van der Waals surface area contributed by atoms with Gasteiger partial charge in [0, 0.05) is 5.56 Å². The molecule has 0 bridgehead atoms. The number of carbonyl (C=O) groups excluding carboxylic acids is 1. The third-order valence-corrected chi connectivity index (χ3v) is 2.80. The highest BCUT2D eigenvalue weighted by atomic mass is 35.5. The van der Waals surface area contributed by atoms with Crippen molar-refractivity contribution in [3.63, 3.8) is 0 Å². The maximum absolute atomic E-state index is 13.6. The Morgan fingerprint density at radius 3 is 2.72 bits per heavy atom. The molecule has 4 heteroatoms. The van der Waals surface area contributed by atoms with Crippen molar-refractivity contribution in [2.75, 3.05) is 0 Å². The van der Waals surface area contributed by atoms with E-state index in [1.54, 1.807) is 31.2 Å². The Bertz CT molecular complexity index is 596. The Kier molecular flexibility index (Phi) is 3.63. The fraction of sp³-hybridized carbons (Fsp3) is 0.0714. The van der Waals surface area contributed by atoms with Crippen LogP contribution in [0.2, 0.25) is 5.02 Å². The molecule has 0 aliphatic carbocycles. The number of ether oxygens (including phenoxy) is 1. The van der Waals surface area contributed by atoms with Crippen LogP contribution >= 0.6 is 11.6 Å². The van der Waals surface area contributed by atoms with Crippen LogP contribution in [0.15, 0.2) is 36.4 Å². The van der Waals surface area contributed by atoms with E-state index in [0.29, 0.717) is 11.3 Å². The molecule has 0 aliphatic heterocycles. The van der Waals surface area contributed by atoms with E-state index in [4.69, 9.17) is 16.3 Å². The normalized spacial score (nSPS) is 10.2. The summed E-state index contributed by atoms with van der Waals surface area (Å²) in [5, 5.41) is 0.00809. The van der Waals surface area contributed by atoms with Crippen LogP contribution in [-0.2, 0) is 0 Å². The Labute approximate surface area is 109 Å². The molecule has 0 saturated heterocycles. The summed E-state index contributed by atoms with van der Waals surface area (Å²) in [5.41, 5.74) is 1.35. The Balaban J connectivity index is 2.31. The lowest BCUT2D eigenvalue weighted by Gasteiger charge is -2.08. The molecule has 2 aromatic carbocycles. The smallest absolute Gasteiger partial charge is 0.184 e. The summed E-state index contributed by atoms with van der Waals surface area (Å²) < 4.78 is 19.0. The van der Waals surface area contributed by atoms with Crippen LogP contribution in [0, 0.1) is 12.7 Å². The third kappa shape index (κ3) is 2.51. The van der Waals surface area contributed by atoms with Gasteiger partial charge in [-0.3, -0.25) is 4.79 Å². The van der Waals surface area contributed by atoms with Crippen LogP contribution in [0.5, 0.6) is 11.5 Å². The average molecular weight is 265 g/mol. The molecule has 0 unspecified atom stereocenters. The van der Waals surface area contributed by atoms with Crippen molar-refractivity contribution in [2.45, 2.75) is 6.92 Å². The van der Waals surface area contributed by atoms with E-state index < -0.39 is 5.82 Å². The lowest BCUT2D eigenvalue weighted by Crippen LogP contribution is -1.91. The SMILES string of the molecule is Cc1cc(Oc2cccc(Cl)c2F)ccc1C=O. The summed E-state index contributed by atoms with van der Waals surface area (Å²) in [6.45, 7) is 1.78. The molecule has 2 aromatic rings. The Hall–Kier alpha value is -1.87. The van der Waals surface area contributed by atoms with Gasteiger partial charge in [0.1, 0.15) is 12.0 Å². The van der Waals surface area contributed by atoms with Crippen molar-refractivity contribution < 1.29 is 13.9 Å². The molecule has 0 atom stereocenters. The van der Waals surface area contributed by atoms with Crippen molar-refractivity contribution in [1.82, 2.24) is 0 Å². The van der Waals surface area contributed by atoms with E-state index in [0.717, 1.165) is 11.8 Å². The van der Waals surface area contributed by atoms with E-state index in [1.165, 1.54) is 12.1 Å². The minimum atomic E-state index is -0.601. The van der Waals surface area contributed by atoms with E-state index in [9.17, 15) is 9.18 Å². The molecule has 0 amide bonds. The van der Waals surface area contributed by atoms with E-state index in [-0.39, 0.29) is 10.8 Å². The van der Waals surface area contributed by atoms with Crippen LogP contribution in [0.4, 0.5) is 4.39 Å². The zero-order chi connectivity index (χ0) is 13.1. The van der Waals surface area contributed by atoms with Gasteiger partial charge in [0.25, 0.3) is 0 Å². The molecule has 0 radical (unpaired) electrons. The Morgan fingerprint density at radius 1 is 1.28 bits per heavy atom. The predicted molar refractivity (Wildman–Crippen MR) is 68.1 cm³/mol. The van der Waals surface area contributed by atoms with Gasteiger partial charge in [0.2, 0.25) is 0 Å². The number of carbonyl (C=O) groups is 1. The standard InChI is InChI=1S/C14H10ClFO2/c1-9-7-11(6-5-10(9)8-17)18-13-4-2-3-12(15)14(13)16/h2-8H,1H3. The molecular weight excluding hydrogens is 255 g/mol. The van der Waals surface area contributed by atoms with Crippen LogP contribution in [0.25, 0.3) is 0 Å². The molecule has 0 spiro atoms. The largest absolute Gasteiger partial charge is 0.454 e. The molecule has 2 nitrogen and oxygen atoms in total. The average Bonchev–Trinajstić information content (AvgIpc) is 2.35. The topological polar surface area (TPSA) is 26.3 Å². The van der Waals surface area contributed by atoms with E-state index >= 15 is 0 Å². The van der Waals surface area contributed by atoms with Gasteiger partial charge in [-0.25, -0.2) is 4.39 Å². The summed E-state index contributed by atoms with van der Waals surface area (Å²) in [5.74, 6) is -0.0868. The Morgan fingerprint density at radius 2 is 2.06 bits per heavy atom. The number of benzene rings is 2. The van der Waals surface area contributed by atoms with Gasteiger partial charge in [-0.2, -0.15) is 0 Å². The van der Waals surface area contributed by atoms with Gasteiger partial charge in [-0.15, -0.1) is 0 Å². The van der Waals surface area contributed by atoms with Gasteiger partial charge in [-0.1, -0.05) is 17.7 Å². The number of rotatable bonds is 3. The molecule has 2 rings (SSSR count).